The Kier molecular flexibility index (Phi) is 4.04. The van der Waals surface area contributed by atoms with Gasteiger partial charge in [0.05, 0.1) is 22.1 Å². The molecule has 6 nitrogen and oxygen atoms in total. The Morgan fingerprint density at radius 3 is 2.86 bits per heavy atom. The van der Waals surface area contributed by atoms with Gasteiger partial charge in [0.1, 0.15) is 11.3 Å². The minimum Gasteiger partial charge on any atom is -0.342 e. The Labute approximate surface area is 162 Å². The lowest BCUT2D eigenvalue weighted by Gasteiger charge is -2.32. The van der Waals surface area contributed by atoms with Crippen molar-refractivity contribution in [2.75, 3.05) is 13.1 Å². The van der Waals surface area contributed by atoms with Gasteiger partial charge in [0.15, 0.2) is 0 Å². The van der Waals surface area contributed by atoms with Crippen molar-refractivity contribution in [1.29, 1.82) is 0 Å². The number of aromatic amines is 1. The fourth-order valence-corrected chi connectivity index (χ4v) is 4.11. The van der Waals surface area contributed by atoms with E-state index in [1.165, 1.54) is 0 Å². The minimum absolute atomic E-state index is 0.0168. The number of para-hydroxylation sites is 2. The van der Waals surface area contributed by atoms with Crippen LogP contribution in [-0.2, 0) is 0 Å². The number of likely N-dealkylation sites (tertiary alicyclic amines) is 1. The van der Waals surface area contributed by atoms with Gasteiger partial charge < -0.3 is 9.88 Å². The van der Waals surface area contributed by atoms with E-state index in [9.17, 15) is 4.79 Å². The molecule has 1 fully saturated rings. The maximum atomic E-state index is 13.2. The first-order chi connectivity index (χ1) is 13.7. The number of nitrogens with zero attached hydrogens (tertiary/aromatic N) is 4. The second-order valence-corrected chi connectivity index (χ2v) is 7.41. The molecule has 6 heteroatoms. The average Bonchev–Trinajstić information content (AvgIpc) is 3.19. The number of benzene rings is 2. The Morgan fingerprint density at radius 2 is 1.96 bits per heavy atom. The van der Waals surface area contributed by atoms with Crippen LogP contribution in [0.4, 0.5) is 0 Å². The summed E-state index contributed by atoms with van der Waals surface area (Å²) in [6.07, 6.45) is 5.27. The standard InChI is InChI=1S/C22H21N5O/c1-14-5-2-9-18-19(14)26-21(25-18)15-6-4-12-27(13-15)22(28)16-7-3-8-17-20(16)24-11-10-23-17/h2-3,5,7-11,15H,4,6,12-13H2,1H3,(H,25,26)/t15-/m1/s1. The van der Waals surface area contributed by atoms with Crippen molar-refractivity contribution in [2.24, 2.45) is 0 Å². The Hall–Kier alpha value is -3.28. The number of amides is 1. The van der Waals surface area contributed by atoms with E-state index < -0.39 is 0 Å². The molecule has 2 aromatic carbocycles. The molecule has 0 saturated carbocycles. The molecule has 4 aromatic rings. The second-order valence-electron chi connectivity index (χ2n) is 7.41. The zero-order valence-corrected chi connectivity index (χ0v) is 15.7. The highest BCUT2D eigenvalue weighted by atomic mass is 16.2. The van der Waals surface area contributed by atoms with Crippen molar-refractivity contribution in [3.8, 4) is 0 Å². The summed E-state index contributed by atoms with van der Waals surface area (Å²) in [5, 5.41) is 0. The van der Waals surface area contributed by atoms with E-state index in [1.807, 2.05) is 29.2 Å². The maximum absolute atomic E-state index is 13.2. The van der Waals surface area contributed by atoms with Gasteiger partial charge in [-0.05, 0) is 43.5 Å². The van der Waals surface area contributed by atoms with Gasteiger partial charge in [-0.25, -0.2) is 4.98 Å². The van der Waals surface area contributed by atoms with Gasteiger partial charge in [-0.1, -0.05) is 18.2 Å². The monoisotopic (exact) mass is 371 g/mol. The number of aryl methyl sites for hydroxylation is 1. The van der Waals surface area contributed by atoms with Crippen molar-refractivity contribution >= 4 is 28.0 Å². The van der Waals surface area contributed by atoms with E-state index in [0.29, 0.717) is 17.6 Å². The summed E-state index contributed by atoms with van der Waals surface area (Å²) in [6.45, 7) is 3.49. The lowest BCUT2D eigenvalue weighted by Crippen LogP contribution is -2.39. The molecule has 5 rings (SSSR count). The molecular formula is C22H21N5O. The molecule has 0 aliphatic carbocycles. The largest absolute Gasteiger partial charge is 0.342 e. The Bertz CT molecular complexity index is 1180. The van der Waals surface area contributed by atoms with Crippen LogP contribution in [0.3, 0.4) is 0 Å². The van der Waals surface area contributed by atoms with E-state index >= 15 is 0 Å². The van der Waals surface area contributed by atoms with E-state index in [1.54, 1.807) is 12.4 Å². The number of H-pyrrole nitrogens is 1. The van der Waals surface area contributed by atoms with Crippen molar-refractivity contribution in [3.05, 3.63) is 65.7 Å². The summed E-state index contributed by atoms with van der Waals surface area (Å²) < 4.78 is 0. The first-order valence-electron chi connectivity index (χ1n) is 9.65. The van der Waals surface area contributed by atoms with Crippen LogP contribution < -0.4 is 0 Å². The van der Waals surface area contributed by atoms with Crippen LogP contribution in [0.25, 0.3) is 22.1 Å². The van der Waals surface area contributed by atoms with Gasteiger partial charge in [-0.15, -0.1) is 0 Å². The normalized spacial score (nSPS) is 17.3. The summed E-state index contributed by atoms with van der Waals surface area (Å²) in [7, 11) is 0. The molecule has 2 aromatic heterocycles. The molecule has 0 radical (unpaired) electrons. The van der Waals surface area contributed by atoms with Gasteiger partial charge in [-0.2, -0.15) is 0 Å². The molecule has 1 atom stereocenters. The molecule has 1 N–H and O–H groups in total. The SMILES string of the molecule is Cc1cccc2[nH]c([C@@H]3CCCN(C(=O)c4cccc5nccnc45)C3)nc12. The van der Waals surface area contributed by atoms with Crippen LogP contribution in [0.15, 0.2) is 48.8 Å². The third-order valence-corrected chi connectivity index (χ3v) is 5.56. The van der Waals surface area contributed by atoms with E-state index in [0.717, 1.165) is 47.3 Å². The van der Waals surface area contributed by atoms with Crippen molar-refractivity contribution in [3.63, 3.8) is 0 Å². The second kappa shape index (κ2) is 6.71. The fourth-order valence-electron chi connectivity index (χ4n) is 4.11. The predicted molar refractivity (Wildman–Crippen MR) is 108 cm³/mol. The van der Waals surface area contributed by atoms with Crippen LogP contribution in [0.5, 0.6) is 0 Å². The summed E-state index contributed by atoms with van der Waals surface area (Å²) in [6, 6.07) is 11.8. The summed E-state index contributed by atoms with van der Waals surface area (Å²) >= 11 is 0. The number of fused-ring (bicyclic) bond motifs is 2. The zero-order valence-electron chi connectivity index (χ0n) is 15.7. The fraction of sp³-hybridized carbons (Fsp3) is 0.273. The quantitative estimate of drug-likeness (QED) is 0.581. The Morgan fingerprint density at radius 1 is 1.11 bits per heavy atom. The number of imidazole rings is 1. The molecule has 1 aliphatic heterocycles. The van der Waals surface area contributed by atoms with Gasteiger partial charge in [0.2, 0.25) is 0 Å². The van der Waals surface area contributed by atoms with E-state index in [2.05, 4.69) is 34.0 Å². The minimum atomic E-state index is 0.0168. The highest BCUT2D eigenvalue weighted by Gasteiger charge is 2.28. The average molecular weight is 371 g/mol. The van der Waals surface area contributed by atoms with Crippen LogP contribution in [0.2, 0.25) is 0 Å². The van der Waals surface area contributed by atoms with Gasteiger partial charge in [0.25, 0.3) is 5.91 Å². The number of aromatic nitrogens is 4. The highest BCUT2D eigenvalue weighted by Crippen LogP contribution is 2.29. The number of carbonyl (C=O) groups excluding carboxylic acids is 1. The third-order valence-electron chi connectivity index (χ3n) is 5.56. The maximum Gasteiger partial charge on any atom is 0.256 e. The smallest absolute Gasteiger partial charge is 0.256 e. The number of hydrogen-bond donors (Lipinski definition) is 1. The number of nitrogens with one attached hydrogen (secondary N) is 1. The lowest BCUT2D eigenvalue weighted by molar-refractivity contribution is 0.0706. The number of carbonyl (C=O) groups is 1. The molecule has 1 saturated heterocycles. The molecular weight excluding hydrogens is 350 g/mol. The molecule has 0 spiro atoms. The summed E-state index contributed by atoms with van der Waals surface area (Å²) in [5.41, 5.74) is 5.27. The third kappa shape index (κ3) is 2.81. The van der Waals surface area contributed by atoms with Crippen LogP contribution in [0.1, 0.15) is 40.5 Å². The van der Waals surface area contributed by atoms with E-state index in [4.69, 9.17) is 4.98 Å². The number of hydrogen-bond acceptors (Lipinski definition) is 4. The molecule has 1 amide bonds. The number of piperidine rings is 1. The van der Waals surface area contributed by atoms with Crippen molar-refractivity contribution in [2.45, 2.75) is 25.7 Å². The van der Waals surface area contributed by atoms with E-state index in [-0.39, 0.29) is 11.8 Å². The molecule has 1 aliphatic rings. The van der Waals surface area contributed by atoms with Crippen molar-refractivity contribution in [1.82, 2.24) is 24.8 Å². The van der Waals surface area contributed by atoms with Crippen LogP contribution in [0, 0.1) is 6.92 Å². The van der Waals surface area contributed by atoms with Gasteiger partial charge in [0, 0.05) is 31.4 Å². The van der Waals surface area contributed by atoms with Crippen LogP contribution in [-0.4, -0.2) is 43.8 Å². The lowest BCUT2D eigenvalue weighted by atomic mass is 9.96. The predicted octanol–water partition coefficient (Wildman–Crippen LogP) is 3.83. The first-order valence-corrected chi connectivity index (χ1v) is 9.65. The molecule has 28 heavy (non-hydrogen) atoms. The molecule has 0 bridgehead atoms. The highest BCUT2D eigenvalue weighted by molar-refractivity contribution is 6.04. The topological polar surface area (TPSA) is 74.8 Å². The zero-order chi connectivity index (χ0) is 19.1. The van der Waals surface area contributed by atoms with Gasteiger partial charge in [-0.3, -0.25) is 14.8 Å². The van der Waals surface area contributed by atoms with Crippen molar-refractivity contribution < 1.29 is 4.79 Å². The van der Waals surface area contributed by atoms with Crippen LogP contribution >= 0.6 is 0 Å². The first kappa shape index (κ1) is 16.9. The molecule has 140 valence electrons. The summed E-state index contributed by atoms with van der Waals surface area (Å²) in [4.78, 5) is 32.2. The Balaban J connectivity index is 1.44. The number of rotatable bonds is 2. The van der Waals surface area contributed by atoms with Gasteiger partial charge >= 0.3 is 0 Å². The summed E-state index contributed by atoms with van der Waals surface area (Å²) in [5.74, 6) is 1.20. The molecule has 3 heterocycles. The molecule has 0 unspecified atom stereocenters.